The molecule has 0 amide bonds. The van der Waals surface area contributed by atoms with Crippen LogP contribution in [0.2, 0.25) is 0 Å². The molecule has 0 bridgehead atoms. The fourth-order valence-corrected chi connectivity index (χ4v) is 2.29. The Labute approximate surface area is 102 Å². The number of ketones is 1. The molecule has 0 spiro atoms. The van der Waals surface area contributed by atoms with Gasteiger partial charge in [-0.25, -0.2) is 0 Å². The highest BCUT2D eigenvalue weighted by Crippen LogP contribution is 2.09. The largest absolute Gasteiger partial charge is 0.306 e. The molecular formula is C13H21NOS. The van der Waals surface area contributed by atoms with Crippen molar-refractivity contribution < 1.29 is 4.79 Å². The van der Waals surface area contributed by atoms with Crippen LogP contribution in [0.25, 0.3) is 0 Å². The Balaban J connectivity index is 2.07. The van der Waals surface area contributed by atoms with E-state index in [1.807, 2.05) is 18.3 Å². The number of hydrogen-bond donors (Lipinski definition) is 0. The van der Waals surface area contributed by atoms with Crippen molar-refractivity contribution in [1.29, 1.82) is 0 Å². The van der Waals surface area contributed by atoms with Crippen molar-refractivity contribution in [2.24, 2.45) is 0 Å². The lowest BCUT2D eigenvalue weighted by Gasteiger charge is -2.15. The van der Waals surface area contributed by atoms with Gasteiger partial charge in [0.25, 0.3) is 0 Å². The van der Waals surface area contributed by atoms with E-state index in [9.17, 15) is 4.79 Å². The summed E-state index contributed by atoms with van der Waals surface area (Å²) >= 11 is 1.82. The summed E-state index contributed by atoms with van der Waals surface area (Å²) in [6, 6.07) is 4.28. The summed E-state index contributed by atoms with van der Waals surface area (Å²) in [7, 11) is 2.13. The molecule has 1 aromatic rings. The minimum absolute atomic E-state index is 0.381. The molecule has 0 aliphatic rings. The smallest absolute Gasteiger partial charge is 0.132 e. The highest BCUT2D eigenvalue weighted by Gasteiger charge is 2.02. The second-order valence-corrected chi connectivity index (χ2v) is 5.16. The van der Waals surface area contributed by atoms with Gasteiger partial charge in [0.2, 0.25) is 0 Å². The van der Waals surface area contributed by atoms with Gasteiger partial charge in [-0.2, -0.15) is 0 Å². The van der Waals surface area contributed by atoms with E-state index < -0.39 is 0 Å². The summed E-state index contributed by atoms with van der Waals surface area (Å²) in [4.78, 5) is 14.9. The zero-order chi connectivity index (χ0) is 11.8. The first kappa shape index (κ1) is 13.4. The average Bonchev–Trinajstić information content (AvgIpc) is 2.79. The summed E-state index contributed by atoms with van der Waals surface area (Å²) in [5, 5.41) is 2.12. The predicted octanol–water partition coefficient (Wildman–Crippen LogP) is 2.98. The third kappa shape index (κ3) is 5.42. The Morgan fingerprint density at radius 1 is 1.44 bits per heavy atom. The summed E-state index contributed by atoms with van der Waals surface area (Å²) < 4.78 is 0. The fourth-order valence-electron chi connectivity index (χ4n) is 1.59. The van der Waals surface area contributed by atoms with Crippen LogP contribution in [-0.4, -0.2) is 30.8 Å². The Bertz CT molecular complexity index is 295. The van der Waals surface area contributed by atoms with Crippen LogP contribution in [0.4, 0.5) is 0 Å². The van der Waals surface area contributed by atoms with E-state index in [1.165, 1.54) is 4.88 Å². The minimum Gasteiger partial charge on any atom is -0.306 e. The standard InChI is InChI=1S/C13H21NOS/c1-3-12(15)6-4-9-14(2)10-8-13-7-5-11-16-13/h5,7,11H,3-4,6,8-10H2,1-2H3. The zero-order valence-electron chi connectivity index (χ0n) is 10.2. The van der Waals surface area contributed by atoms with Crippen LogP contribution in [0.15, 0.2) is 17.5 Å². The molecule has 0 aliphatic carbocycles. The summed E-state index contributed by atoms with van der Waals surface area (Å²) in [5.41, 5.74) is 0. The molecule has 0 unspecified atom stereocenters. The number of nitrogens with zero attached hydrogens (tertiary/aromatic N) is 1. The molecule has 16 heavy (non-hydrogen) atoms. The highest BCUT2D eigenvalue weighted by molar-refractivity contribution is 7.09. The van der Waals surface area contributed by atoms with Crippen molar-refractivity contribution in [3.8, 4) is 0 Å². The maximum absolute atomic E-state index is 11.1. The number of carbonyl (C=O) groups is 1. The Kier molecular flexibility index (Phi) is 6.34. The third-order valence-electron chi connectivity index (χ3n) is 2.71. The van der Waals surface area contributed by atoms with E-state index in [2.05, 4.69) is 29.5 Å². The topological polar surface area (TPSA) is 20.3 Å². The van der Waals surface area contributed by atoms with Crippen LogP contribution < -0.4 is 0 Å². The molecule has 0 fully saturated rings. The molecule has 3 heteroatoms. The summed E-state index contributed by atoms with van der Waals surface area (Å²) in [5.74, 6) is 0.381. The van der Waals surface area contributed by atoms with E-state index in [4.69, 9.17) is 0 Å². The fraction of sp³-hybridized carbons (Fsp3) is 0.615. The van der Waals surface area contributed by atoms with Crippen molar-refractivity contribution in [2.75, 3.05) is 20.1 Å². The van der Waals surface area contributed by atoms with Gasteiger partial charge in [-0.1, -0.05) is 13.0 Å². The molecule has 0 N–H and O–H groups in total. The monoisotopic (exact) mass is 239 g/mol. The molecule has 0 saturated heterocycles. The zero-order valence-corrected chi connectivity index (χ0v) is 11.1. The van der Waals surface area contributed by atoms with E-state index in [1.54, 1.807) is 0 Å². The maximum atomic E-state index is 11.1. The lowest BCUT2D eigenvalue weighted by Crippen LogP contribution is -2.22. The number of thiophene rings is 1. The van der Waals surface area contributed by atoms with E-state index in [0.717, 1.165) is 32.4 Å². The van der Waals surface area contributed by atoms with Crippen LogP contribution in [0, 0.1) is 0 Å². The molecule has 1 rings (SSSR count). The second kappa shape index (κ2) is 7.58. The molecule has 90 valence electrons. The quantitative estimate of drug-likeness (QED) is 0.695. The third-order valence-corrected chi connectivity index (χ3v) is 3.65. The van der Waals surface area contributed by atoms with Gasteiger partial charge in [0.1, 0.15) is 5.78 Å². The average molecular weight is 239 g/mol. The van der Waals surface area contributed by atoms with Crippen molar-refractivity contribution in [2.45, 2.75) is 32.6 Å². The highest BCUT2D eigenvalue weighted by atomic mass is 32.1. The van der Waals surface area contributed by atoms with Gasteiger partial charge < -0.3 is 4.90 Å². The number of rotatable bonds is 8. The van der Waals surface area contributed by atoms with Crippen LogP contribution in [0.3, 0.4) is 0 Å². The Hall–Kier alpha value is -0.670. The van der Waals surface area contributed by atoms with Crippen LogP contribution in [0.1, 0.15) is 31.1 Å². The first-order valence-corrected chi connectivity index (χ1v) is 6.83. The Morgan fingerprint density at radius 3 is 2.88 bits per heavy atom. The number of hydrogen-bond acceptors (Lipinski definition) is 3. The van der Waals surface area contributed by atoms with Crippen molar-refractivity contribution in [1.82, 2.24) is 4.90 Å². The molecule has 0 radical (unpaired) electrons. The molecule has 2 nitrogen and oxygen atoms in total. The normalized spacial score (nSPS) is 10.9. The van der Waals surface area contributed by atoms with Gasteiger partial charge >= 0.3 is 0 Å². The SMILES string of the molecule is CCC(=O)CCCN(C)CCc1cccs1. The van der Waals surface area contributed by atoms with E-state index in [0.29, 0.717) is 12.2 Å². The van der Waals surface area contributed by atoms with Gasteiger partial charge in [-0.05, 0) is 37.9 Å². The van der Waals surface area contributed by atoms with Crippen molar-refractivity contribution >= 4 is 17.1 Å². The number of Topliss-reactive ketones (excluding diaryl/α,β-unsaturated/α-hetero) is 1. The van der Waals surface area contributed by atoms with Crippen LogP contribution in [-0.2, 0) is 11.2 Å². The molecule has 0 atom stereocenters. The first-order valence-electron chi connectivity index (χ1n) is 5.95. The first-order chi connectivity index (χ1) is 7.72. The number of carbonyl (C=O) groups excluding carboxylic acids is 1. The molecule has 1 aromatic heterocycles. The van der Waals surface area contributed by atoms with Gasteiger partial charge in [-0.15, -0.1) is 11.3 Å². The molecule has 0 aromatic carbocycles. The Morgan fingerprint density at radius 2 is 2.25 bits per heavy atom. The van der Waals surface area contributed by atoms with E-state index in [-0.39, 0.29) is 0 Å². The van der Waals surface area contributed by atoms with Crippen molar-refractivity contribution in [3.63, 3.8) is 0 Å². The van der Waals surface area contributed by atoms with Crippen molar-refractivity contribution in [3.05, 3.63) is 22.4 Å². The summed E-state index contributed by atoms with van der Waals surface area (Å²) in [6.45, 7) is 4.04. The van der Waals surface area contributed by atoms with E-state index >= 15 is 0 Å². The molecule has 0 saturated carbocycles. The lowest BCUT2D eigenvalue weighted by molar-refractivity contribution is -0.118. The minimum atomic E-state index is 0.381. The molecular weight excluding hydrogens is 218 g/mol. The summed E-state index contributed by atoms with van der Waals surface area (Å²) in [6.07, 6.45) is 3.53. The van der Waals surface area contributed by atoms with Gasteiger partial charge in [0.05, 0.1) is 0 Å². The predicted molar refractivity (Wildman–Crippen MR) is 70.1 cm³/mol. The number of likely N-dealkylation sites (N-methyl/N-ethyl adjacent to an activating group) is 1. The van der Waals surface area contributed by atoms with Gasteiger partial charge in [0, 0.05) is 24.3 Å². The van der Waals surface area contributed by atoms with Crippen LogP contribution >= 0.6 is 11.3 Å². The van der Waals surface area contributed by atoms with Gasteiger partial charge in [-0.3, -0.25) is 4.79 Å². The molecule has 0 aliphatic heterocycles. The van der Waals surface area contributed by atoms with Gasteiger partial charge in [0.15, 0.2) is 0 Å². The van der Waals surface area contributed by atoms with Crippen LogP contribution in [0.5, 0.6) is 0 Å². The maximum Gasteiger partial charge on any atom is 0.132 e. The second-order valence-electron chi connectivity index (χ2n) is 4.13. The lowest BCUT2D eigenvalue weighted by atomic mass is 10.2. The molecule has 1 heterocycles.